The van der Waals surface area contributed by atoms with Crippen molar-refractivity contribution < 1.29 is 43.3 Å². The molecule has 1 aromatic rings. The van der Waals surface area contributed by atoms with E-state index in [9.17, 15) is 14.7 Å². The van der Waals surface area contributed by atoms with E-state index in [4.69, 9.17) is 23.8 Å². The minimum Gasteiger partial charge on any atom is -0.458 e. The first-order valence-corrected chi connectivity index (χ1v) is 19.0. The molecule has 12 heteroatoms. The van der Waals surface area contributed by atoms with Crippen molar-refractivity contribution in [1.29, 1.82) is 0 Å². The Morgan fingerprint density at radius 1 is 0.960 bits per heavy atom. The maximum atomic E-state index is 15.1. The number of nitrogens with zero attached hydrogens (tertiary/aromatic N) is 2. The third-order valence-electron chi connectivity index (χ3n) is 13.0. The van der Waals surface area contributed by atoms with Gasteiger partial charge in [0.25, 0.3) is 0 Å². The fraction of sp³-hybridized carbons (Fsp3) is 0.711. The van der Waals surface area contributed by atoms with Crippen molar-refractivity contribution in [2.45, 2.75) is 125 Å². The standard InChI is InChI=1S/C38H47N3O9/c42-17-15-39-34(43)26-2-1-16-40(26)36(45)37-19-29-30-31(49-38(48-30,24-10-11-24)25-12-13-25)33(37)50-41(32(37)35(44)47-29)20-23-7-4-21(5-8-23)3-6-22-9-14-27-28(18-22)46-27/h3-8,22,24-33,42H,1-2,9-20H2,(H,39,43). The summed E-state index contributed by atoms with van der Waals surface area (Å²) in [4.78, 5) is 51.0. The number of hydroxylamine groups is 2. The molecule has 0 spiro atoms. The number of ether oxygens (including phenoxy) is 4. The molecule has 9 aliphatic rings. The van der Waals surface area contributed by atoms with Crippen LogP contribution in [0.4, 0.5) is 0 Å². The normalized spacial score (nSPS) is 41.2. The van der Waals surface area contributed by atoms with E-state index >= 15 is 4.79 Å². The van der Waals surface area contributed by atoms with Crippen molar-refractivity contribution in [2.24, 2.45) is 23.2 Å². The Morgan fingerprint density at radius 2 is 1.74 bits per heavy atom. The summed E-state index contributed by atoms with van der Waals surface area (Å²) in [5, 5.41) is 13.7. The van der Waals surface area contributed by atoms with E-state index in [0.717, 1.165) is 56.1 Å². The molecule has 9 fully saturated rings. The molecule has 5 saturated heterocycles. The molecule has 10 rings (SSSR count). The van der Waals surface area contributed by atoms with E-state index in [2.05, 4.69) is 29.6 Å². The Kier molecular flexibility index (Phi) is 7.53. The molecule has 12 nitrogen and oxygen atoms in total. The summed E-state index contributed by atoms with van der Waals surface area (Å²) >= 11 is 0. The molecule has 5 aliphatic heterocycles. The minimum absolute atomic E-state index is 0.114. The predicted molar refractivity (Wildman–Crippen MR) is 175 cm³/mol. The fourth-order valence-electron chi connectivity index (χ4n) is 10.3. The van der Waals surface area contributed by atoms with Gasteiger partial charge in [-0.25, -0.2) is 0 Å². The Hall–Kier alpha value is -2.87. The SMILES string of the molecule is O=C(NCCO)C1CCCN1C(=O)C12CC3OC(=O)C1N(Cc1ccc(C=CC4CCC5OC5C4)cc1)OC2C1OC(C2CC2)(C2CC2)OC31. The molecule has 2 bridgehead atoms. The monoisotopic (exact) mass is 689 g/mol. The summed E-state index contributed by atoms with van der Waals surface area (Å²) in [5.41, 5.74) is 0.740. The highest BCUT2D eigenvalue weighted by Crippen LogP contribution is 2.64. The van der Waals surface area contributed by atoms with Crippen LogP contribution in [0.25, 0.3) is 6.08 Å². The second-order valence-electron chi connectivity index (χ2n) is 16.2. The Morgan fingerprint density at radius 3 is 2.48 bits per heavy atom. The zero-order valence-corrected chi connectivity index (χ0v) is 28.3. The van der Waals surface area contributed by atoms with Gasteiger partial charge in [0, 0.05) is 31.3 Å². The maximum absolute atomic E-state index is 15.1. The number of epoxide rings is 1. The van der Waals surface area contributed by atoms with Crippen LogP contribution in [0.1, 0.15) is 75.3 Å². The lowest BCUT2D eigenvalue weighted by atomic mass is 9.62. The van der Waals surface area contributed by atoms with Crippen molar-refractivity contribution >= 4 is 23.9 Å². The molecule has 2 N–H and O–H groups in total. The molecular formula is C38H47N3O9. The Bertz CT molecular complexity index is 1570. The van der Waals surface area contributed by atoms with E-state index in [1.807, 2.05) is 12.1 Å². The van der Waals surface area contributed by atoms with E-state index in [0.29, 0.717) is 49.3 Å². The third kappa shape index (κ3) is 5.03. The van der Waals surface area contributed by atoms with Gasteiger partial charge in [-0.2, -0.15) is 5.06 Å². The molecule has 10 unspecified atom stereocenters. The lowest BCUT2D eigenvalue weighted by molar-refractivity contribution is -0.235. The average molecular weight is 690 g/mol. The first kappa shape index (κ1) is 31.8. The number of nitrogens with one attached hydrogen (secondary N) is 1. The lowest BCUT2D eigenvalue weighted by Gasteiger charge is -2.50. The van der Waals surface area contributed by atoms with Crippen molar-refractivity contribution in [2.75, 3.05) is 19.7 Å². The molecule has 4 aliphatic carbocycles. The van der Waals surface area contributed by atoms with Crippen LogP contribution < -0.4 is 5.32 Å². The number of carbonyl (C=O) groups excluding carboxylic acids is 3. The van der Waals surface area contributed by atoms with Crippen molar-refractivity contribution in [3.63, 3.8) is 0 Å². The third-order valence-corrected chi connectivity index (χ3v) is 13.0. The average Bonchev–Trinajstić information content (AvgIpc) is 4.08. The zero-order chi connectivity index (χ0) is 33.8. The first-order valence-electron chi connectivity index (χ1n) is 19.0. The van der Waals surface area contributed by atoms with E-state index in [1.165, 1.54) is 0 Å². The summed E-state index contributed by atoms with van der Waals surface area (Å²) in [7, 11) is 0. The van der Waals surface area contributed by atoms with Crippen LogP contribution in [0.15, 0.2) is 30.3 Å². The summed E-state index contributed by atoms with van der Waals surface area (Å²) < 4.78 is 25.7. The second-order valence-corrected chi connectivity index (χ2v) is 16.2. The highest BCUT2D eigenvalue weighted by atomic mass is 16.8. The lowest BCUT2D eigenvalue weighted by Crippen LogP contribution is -2.70. The van der Waals surface area contributed by atoms with Gasteiger partial charge in [0.1, 0.15) is 35.9 Å². The van der Waals surface area contributed by atoms with Crippen molar-refractivity contribution in [1.82, 2.24) is 15.3 Å². The number of allylic oxidation sites excluding steroid dienone is 1. The van der Waals surface area contributed by atoms with Crippen molar-refractivity contribution in [3.8, 4) is 0 Å². The van der Waals surface area contributed by atoms with Crippen LogP contribution in [0.2, 0.25) is 0 Å². The number of hydrogen-bond acceptors (Lipinski definition) is 10. The predicted octanol–water partition coefficient (Wildman–Crippen LogP) is 2.47. The highest BCUT2D eigenvalue weighted by Gasteiger charge is 2.78. The quantitative estimate of drug-likeness (QED) is 0.278. The molecule has 10 atom stereocenters. The smallest absolute Gasteiger partial charge is 0.327 e. The number of fused-ring (bicyclic) bond motifs is 5. The van der Waals surface area contributed by atoms with Crippen LogP contribution in [0.3, 0.4) is 0 Å². The molecule has 1 aromatic carbocycles. The van der Waals surface area contributed by atoms with Gasteiger partial charge in [-0.3, -0.25) is 19.2 Å². The highest BCUT2D eigenvalue weighted by molar-refractivity contribution is 5.96. The number of aliphatic hydroxyl groups excluding tert-OH is 1. The number of likely N-dealkylation sites (tertiary alicyclic amines) is 1. The second kappa shape index (κ2) is 11.8. The number of hydrogen-bond donors (Lipinski definition) is 2. The number of esters is 1. The molecule has 4 saturated carbocycles. The Balaban J connectivity index is 0.954. The molecule has 50 heavy (non-hydrogen) atoms. The molecule has 5 heterocycles. The van der Waals surface area contributed by atoms with Gasteiger partial charge < -0.3 is 34.3 Å². The number of aliphatic hydroxyl groups is 1. The van der Waals surface area contributed by atoms with Crippen LogP contribution in [-0.2, 0) is 44.7 Å². The summed E-state index contributed by atoms with van der Waals surface area (Å²) in [6.45, 7) is 0.608. The number of carbonyl (C=O) groups is 3. The zero-order valence-electron chi connectivity index (χ0n) is 28.3. The summed E-state index contributed by atoms with van der Waals surface area (Å²) in [6, 6.07) is 6.56. The van der Waals surface area contributed by atoms with Gasteiger partial charge in [-0.1, -0.05) is 36.4 Å². The first-order chi connectivity index (χ1) is 24.4. The Labute approximate surface area is 291 Å². The van der Waals surface area contributed by atoms with Gasteiger partial charge in [-0.05, 0) is 74.8 Å². The number of rotatable bonds is 10. The van der Waals surface area contributed by atoms with Gasteiger partial charge >= 0.3 is 5.97 Å². The molecule has 2 amide bonds. The number of amides is 2. The summed E-state index contributed by atoms with van der Waals surface area (Å²) in [5.74, 6) is -0.664. The number of benzene rings is 1. The van der Waals surface area contributed by atoms with Crippen LogP contribution in [-0.4, -0.2) is 107 Å². The van der Waals surface area contributed by atoms with Gasteiger partial charge in [0.15, 0.2) is 11.8 Å². The van der Waals surface area contributed by atoms with E-state index in [1.54, 1.807) is 9.96 Å². The van der Waals surface area contributed by atoms with Crippen molar-refractivity contribution in [3.05, 3.63) is 41.5 Å². The maximum Gasteiger partial charge on any atom is 0.327 e. The van der Waals surface area contributed by atoms with E-state index < -0.39 is 53.7 Å². The van der Waals surface area contributed by atoms with Gasteiger partial charge in [-0.15, -0.1) is 0 Å². The largest absolute Gasteiger partial charge is 0.458 e. The van der Waals surface area contributed by atoms with E-state index in [-0.39, 0.29) is 37.9 Å². The topological polar surface area (TPSA) is 139 Å². The fourth-order valence-corrected chi connectivity index (χ4v) is 10.3. The van der Waals surface area contributed by atoms with Crippen LogP contribution in [0.5, 0.6) is 0 Å². The minimum atomic E-state index is -1.31. The molecule has 0 aromatic heterocycles. The van der Waals surface area contributed by atoms with Gasteiger partial charge in [0.05, 0.1) is 25.4 Å². The molecule has 268 valence electrons. The summed E-state index contributed by atoms with van der Waals surface area (Å²) in [6.07, 6.45) is 11.8. The molecule has 0 radical (unpaired) electrons. The van der Waals surface area contributed by atoms with Crippen LogP contribution >= 0.6 is 0 Å². The van der Waals surface area contributed by atoms with Crippen LogP contribution in [0, 0.1) is 23.2 Å². The molecular weight excluding hydrogens is 642 g/mol. The van der Waals surface area contributed by atoms with Gasteiger partial charge in [0.2, 0.25) is 11.8 Å².